The highest BCUT2D eigenvalue weighted by atomic mass is 32.2. The van der Waals surface area contributed by atoms with Crippen molar-refractivity contribution in [3.8, 4) is 5.75 Å². The van der Waals surface area contributed by atoms with Gasteiger partial charge in [0.05, 0.1) is 18.6 Å². The first-order chi connectivity index (χ1) is 12.2. The van der Waals surface area contributed by atoms with Crippen LogP contribution in [0.2, 0.25) is 0 Å². The topological polar surface area (TPSA) is 102 Å². The predicted octanol–water partition coefficient (Wildman–Crippen LogP) is 1.55. The zero-order valence-corrected chi connectivity index (χ0v) is 15.2. The summed E-state index contributed by atoms with van der Waals surface area (Å²) in [5, 5.41) is 7.67. The van der Waals surface area contributed by atoms with Crippen LogP contribution in [-0.2, 0) is 21.4 Å². The van der Waals surface area contributed by atoms with E-state index in [1.807, 2.05) is 0 Å². The first-order valence-electron chi connectivity index (χ1n) is 7.62. The van der Waals surface area contributed by atoms with Crippen LogP contribution in [0.15, 0.2) is 47.4 Å². The maximum atomic E-state index is 13.7. The van der Waals surface area contributed by atoms with E-state index >= 15 is 0 Å². The van der Waals surface area contributed by atoms with Crippen molar-refractivity contribution in [3.63, 3.8) is 0 Å². The zero-order chi connectivity index (χ0) is 19.3. The molecule has 2 rings (SSSR count). The number of rotatable bonds is 7. The zero-order valence-electron chi connectivity index (χ0n) is 14.4. The molecule has 0 bridgehead atoms. The van der Waals surface area contributed by atoms with E-state index in [-0.39, 0.29) is 23.1 Å². The van der Waals surface area contributed by atoms with Gasteiger partial charge in [0.2, 0.25) is 15.9 Å². The summed E-state index contributed by atoms with van der Waals surface area (Å²) >= 11 is 0. The van der Waals surface area contributed by atoms with Gasteiger partial charge in [-0.2, -0.15) is 0 Å². The van der Waals surface area contributed by atoms with Gasteiger partial charge < -0.3 is 10.1 Å². The van der Waals surface area contributed by atoms with Crippen molar-refractivity contribution in [2.45, 2.75) is 11.4 Å². The first kappa shape index (κ1) is 19.8. The molecule has 140 valence electrons. The van der Waals surface area contributed by atoms with Gasteiger partial charge in [-0.25, -0.2) is 17.9 Å². The molecule has 0 saturated heterocycles. The quantitative estimate of drug-likeness (QED) is 0.758. The summed E-state index contributed by atoms with van der Waals surface area (Å²) in [7, 11) is -0.743. The molecule has 26 heavy (non-hydrogen) atoms. The molecule has 0 saturated carbocycles. The van der Waals surface area contributed by atoms with Gasteiger partial charge >= 0.3 is 0 Å². The Balaban J connectivity index is 1.96. The lowest BCUT2D eigenvalue weighted by atomic mass is 10.2. The minimum Gasteiger partial charge on any atom is -0.494 e. The van der Waals surface area contributed by atoms with E-state index in [0.29, 0.717) is 17.8 Å². The average molecular weight is 381 g/mol. The number of methoxy groups -OCH3 is 1. The van der Waals surface area contributed by atoms with Crippen LogP contribution in [0.3, 0.4) is 0 Å². The van der Waals surface area contributed by atoms with E-state index in [0.717, 1.165) is 0 Å². The van der Waals surface area contributed by atoms with Gasteiger partial charge in [-0.1, -0.05) is 12.1 Å². The molecule has 0 spiro atoms. The number of carbonyl (C=O) groups excluding carboxylic acids is 1. The van der Waals surface area contributed by atoms with Crippen molar-refractivity contribution in [2.24, 2.45) is 5.14 Å². The summed E-state index contributed by atoms with van der Waals surface area (Å²) in [6.07, 6.45) is 0. The molecule has 9 heteroatoms. The second-order valence-electron chi connectivity index (χ2n) is 5.76. The van der Waals surface area contributed by atoms with Crippen molar-refractivity contribution < 1.29 is 22.3 Å². The van der Waals surface area contributed by atoms with Crippen LogP contribution < -0.4 is 15.2 Å². The molecule has 2 aromatic rings. The van der Waals surface area contributed by atoms with Crippen LogP contribution in [0.25, 0.3) is 0 Å². The number of nitrogens with one attached hydrogen (secondary N) is 1. The predicted molar refractivity (Wildman–Crippen MR) is 95.7 cm³/mol. The van der Waals surface area contributed by atoms with Crippen LogP contribution >= 0.6 is 0 Å². The van der Waals surface area contributed by atoms with Crippen molar-refractivity contribution in [1.82, 2.24) is 4.90 Å². The molecule has 0 unspecified atom stereocenters. The lowest BCUT2D eigenvalue weighted by Crippen LogP contribution is -2.30. The minimum atomic E-state index is -3.84. The Morgan fingerprint density at radius 1 is 1.27 bits per heavy atom. The third kappa shape index (κ3) is 5.51. The van der Waals surface area contributed by atoms with Gasteiger partial charge in [0.1, 0.15) is 0 Å². The number of primary sulfonamides is 1. The monoisotopic (exact) mass is 381 g/mol. The van der Waals surface area contributed by atoms with E-state index in [9.17, 15) is 17.6 Å². The number of carbonyl (C=O) groups is 1. The maximum absolute atomic E-state index is 13.7. The summed E-state index contributed by atoms with van der Waals surface area (Å²) in [5.41, 5.74) is 1.01. The molecule has 0 aliphatic heterocycles. The van der Waals surface area contributed by atoms with E-state index in [1.165, 1.54) is 37.4 Å². The Morgan fingerprint density at radius 2 is 2.00 bits per heavy atom. The van der Waals surface area contributed by atoms with E-state index < -0.39 is 15.8 Å². The number of amides is 1. The second kappa shape index (κ2) is 8.26. The lowest BCUT2D eigenvalue weighted by molar-refractivity contribution is -0.117. The lowest BCUT2D eigenvalue weighted by Gasteiger charge is -2.17. The summed E-state index contributed by atoms with van der Waals surface area (Å²) in [6, 6.07) is 10.3. The number of sulfonamides is 1. The van der Waals surface area contributed by atoms with Crippen molar-refractivity contribution in [2.75, 3.05) is 26.0 Å². The Hall–Kier alpha value is -2.49. The first-order valence-corrected chi connectivity index (χ1v) is 9.17. The molecule has 0 aliphatic carbocycles. The van der Waals surface area contributed by atoms with Crippen molar-refractivity contribution >= 4 is 21.6 Å². The fourth-order valence-electron chi connectivity index (χ4n) is 2.37. The van der Waals surface area contributed by atoms with Crippen LogP contribution in [0.5, 0.6) is 5.75 Å². The van der Waals surface area contributed by atoms with Gasteiger partial charge in [-0.05, 0) is 42.9 Å². The Labute approximate surface area is 151 Å². The van der Waals surface area contributed by atoms with E-state index in [4.69, 9.17) is 9.88 Å². The maximum Gasteiger partial charge on any atom is 0.238 e. The molecular formula is C17H20FN3O4S. The Bertz CT molecular complexity index is 903. The number of benzene rings is 2. The van der Waals surface area contributed by atoms with Gasteiger partial charge in [0.15, 0.2) is 11.6 Å². The van der Waals surface area contributed by atoms with Crippen LogP contribution in [-0.4, -0.2) is 39.9 Å². The highest BCUT2D eigenvalue weighted by Crippen LogP contribution is 2.18. The number of anilines is 1. The second-order valence-corrected chi connectivity index (χ2v) is 7.32. The Morgan fingerprint density at radius 3 is 2.62 bits per heavy atom. The number of nitrogens with two attached hydrogens (primary N) is 1. The van der Waals surface area contributed by atoms with E-state index in [1.54, 1.807) is 24.1 Å². The molecule has 0 fully saturated rings. The summed E-state index contributed by atoms with van der Waals surface area (Å²) < 4.78 is 41.3. The molecule has 2 aromatic carbocycles. The number of hydrogen-bond acceptors (Lipinski definition) is 5. The molecular weight excluding hydrogens is 361 g/mol. The summed E-state index contributed by atoms with van der Waals surface area (Å²) in [4.78, 5) is 13.7. The molecule has 1 amide bonds. The van der Waals surface area contributed by atoms with Gasteiger partial charge in [0.25, 0.3) is 0 Å². The number of ether oxygens (including phenoxy) is 1. The van der Waals surface area contributed by atoms with Gasteiger partial charge in [-0.3, -0.25) is 9.69 Å². The van der Waals surface area contributed by atoms with E-state index in [2.05, 4.69) is 5.32 Å². The highest BCUT2D eigenvalue weighted by Gasteiger charge is 2.12. The Kier molecular flexibility index (Phi) is 6.30. The highest BCUT2D eigenvalue weighted by molar-refractivity contribution is 7.89. The third-order valence-corrected chi connectivity index (χ3v) is 4.44. The molecule has 3 N–H and O–H groups in total. The fraction of sp³-hybridized carbons (Fsp3) is 0.235. The van der Waals surface area contributed by atoms with Crippen LogP contribution in [0.1, 0.15) is 5.56 Å². The number of likely N-dealkylation sites (N-methyl/N-ethyl adjacent to an activating group) is 1. The van der Waals surface area contributed by atoms with Crippen LogP contribution in [0, 0.1) is 5.82 Å². The number of halogens is 1. The molecule has 0 heterocycles. The molecule has 0 atom stereocenters. The van der Waals surface area contributed by atoms with Crippen molar-refractivity contribution in [3.05, 3.63) is 53.8 Å². The average Bonchev–Trinajstić information content (AvgIpc) is 2.54. The molecule has 0 aliphatic rings. The standard InChI is InChI=1S/C17H20FN3O4S/c1-21(10-12-6-7-16(25-2)15(18)8-12)11-17(22)20-13-4-3-5-14(9-13)26(19,23)24/h3-9H,10-11H2,1-2H3,(H,20,22)(H2,19,23,24). The number of nitrogens with zero attached hydrogens (tertiary/aromatic N) is 1. The largest absolute Gasteiger partial charge is 0.494 e. The third-order valence-electron chi connectivity index (χ3n) is 3.53. The van der Waals surface area contributed by atoms with Gasteiger partial charge in [0, 0.05) is 12.2 Å². The van der Waals surface area contributed by atoms with Gasteiger partial charge in [-0.15, -0.1) is 0 Å². The fourth-order valence-corrected chi connectivity index (χ4v) is 2.93. The summed E-state index contributed by atoms with van der Waals surface area (Å²) in [5.74, 6) is -0.653. The van der Waals surface area contributed by atoms with Crippen molar-refractivity contribution in [1.29, 1.82) is 0 Å². The number of hydrogen-bond donors (Lipinski definition) is 2. The molecule has 7 nitrogen and oxygen atoms in total. The smallest absolute Gasteiger partial charge is 0.238 e. The molecule has 0 radical (unpaired) electrons. The normalized spacial score (nSPS) is 11.4. The molecule has 0 aromatic heterocycles. The SMILES string of the molecule is COc1ccc(CN(C)CC(=O)Nc2cccc(S(N)(=O)=O)c2)cc1F. The van der Waals surface area contributed by atoms with Crippen LogP contribution in [0.4, 0.5) is 10.1 Å². The minimum absolute atomic E-state index is 0.0350. The summed E-state index contributed by atoms with van der Waals surface area (Å²) in [6.45, 7) is 0.388.